The van der Waals surface area contributed by atoms with Crippen LogP contribution in [-0.2, 0) is 39.8 Å². The number of nitrogens with one attached hydrogen (secondary N) is 3. The predicted octanol–water partition coefficient (Wildman–Crippen LogP) is 7.14. The number of anilines is 3. The third-order valence-electron chi connectivity index (χ3n) is 8.11. The third-order valence-corrected chi connectivity index (χ3v) is 8.11. The Hall–Kier alpha value is -6.61. The van der Waals surface area contributed by atoms with Crippen molar-refractivity contribution in [3.05, 3.63) is 125 Å². The Morgan fingerprint density at radius 2 is 1.28 bits per heavy atom. The number of carbonyl (C=O) groups is 4. The average Bonchev–Trinajstić information content (AvgIpc) is 3.20. The minimum atomic E-state index is -1.58. The molecule has 0 radical (unpaired) electrons. The number of halogens is 2. The van der Waals surface area contributed by atoms with E-state index in [1.54, 1.807) is 26.0 Å². The zero-order valence-corrected chi connectivity index (χ0v) is 30.6. The molecular weight excluding hydrogens is 750 g/mol. The maximum absolute atomic E-state index is 13.7. The lowest BCUT2D eigenvalue weighted by Crippen LogP contribution is -2.63. The molecule has 1 saturated heterocycles. The standard InChI is InChI=1S/C40H38F2N4O11/c1-3-51-36(47)26-10-16-29(17-11-26)44-40(50)57-34-33(56-39(49)45-30-18-14-28(42)15-19-30)32(23-54-38(48)46-31-7-5-6-25(20-31)21-43)55-37(52-4-2)35(34)53-22-24-8-12-27(41)13-9-24/h5-20,32-35,37H,3-4,22-23H2,1-2H3,(H,44,50)(H,45,49)(H,46,48)/t32-,33-,34+,35-,37+/m1/s1. The van der Waals surface area contributed by atoms with E-state index >= 15 is 0 Å². The van der Waals surface area contributed by atoms with Crippen LogP contribution in [-0.4, -0.2) is 74.8 Å². The summed E-state index contributed by atoms with van der Waals surface area (Å²) < 4.78 is 67.8. The van der Waals surface area contributed by atoms with Crippen LogP contribution in [0.15, 0.2) is 97.1 Å². The Morgan fingerprint density at radius 1 is 0.684 bits per heavy atom. The predicted molar refractivity (Wildman–Crippen MR) is 198 cm³/mol. The van der Waals surface area contributed by atoms with Crippen molar-refractivity contribution in [3.8, 4) is 6.07 Å². The van der Waals surface area contributed by atoms with Crippen molar-refractivity contribution in [2.45, 2.75) is 51.2 Å². The molecule has 298 valence electrons. The highest BCUT2D eigenvalue weighted by atomic mass is 19.1. The molecule has 0 unspecified atom stereocenters. The van der Waals surface area contributed by atoms with Crippen LogP contribution in [0, 0.1) is 23.0 Å². The summed E-state index contributed by atoms with van der Waals surface area (Å²) in [6, 6.07) is 24.0. The summed E-state index contributed by atoms with van der Waals surface area (Å²) in [5.41, 5.74) is 1.66. The molecule has 4 aromatic carbocycles. The van der Waals surface area contributed by atoms with Gasteiger partial charge in [-0.1, -0.05) is 18.2 Å². The van der Waals surface area contributed by atoms with Crippen molar-refractivity contribution in [2.75, 3.05) is 35.8 Å². The van der Waals surface area contributed by atoms with E-state index < -0.39 is 73.2 Å². The average molecular weight is 789 g/mol. The molecule has 1 aliphatic rings. The lowest BCUT2D eigenvalue weighted by molar-refractivity contribution is -0.308. The number of benzene rings is 4. The molecule has 0 bridgehead atoms. The van der Waals surface area contributed by atoms with E-state index in [2.05, 4.69) is 16.0 Å². The molecule has 17 heteroatoms. The summed E-state index contributed by atoms with van der Waals surface area (Å²) >= 11 is 0. The van der Waals surface area contributed by atoms with E-state index in [9.17, 15) is 33.2 Å². The Bertz CT molecular complexity index is 2030. The fraction of sp³-hybridized carbons (Fsp3) is 0.275. The maximum Gasteiger partial charge on any atom is 0.412 e. The van der Waals surface area contributed by atoms with Crippen molar-refractivity contribution >= 4 is 41.3 Å². The summed E-state index contributed by atoms with van der Waals surface area (Å²) in [4.78, 5) is 52.1. The Balaban J connectivity index is 1.44. The zero-order chi connectivity index (χ0) is 40.7. The van der Waals surface area contributed by atoms with Gasteiger partial charge in [0.1, 0.15) is 30.4 Å². The molecule has 5 atom stereocenters. The highest BCUT2D eigenvalue weighted by Gasteiger charge is 2.52. The fourth-order valence-electron chi connectivity index (χ4n) is 5.49. The van der Waals surface area contributed by atoms with Gasteiger partial charge in [-0.3, -0.25) is 16.0 Å². The van der Waals surface area contributed by atoms with Gasteiger partial charge in [0, 0.05) is 23.7 Å². The van der Waals surface area contributed by atoms with Gasteiger partial charge in [0.05, 0.1) is 30.4 Å². The second-order valence-electron chi connectivity index (χ2n) is 12.1. The van der Waals surface area contributed by atoms with E-state index in [0.29, 0.717) is 5.56 Å². The van der Waals surface area contributed by atoms with Gasteiger partial charge in [-0.25, -0.2) is 28.0 Å². The van der Waals surface area contributed by atoms with E-state index in [1.807, 2.05) is 6.07 Å². The Labute approximate surface area is 325 Å². The van der Waals surface area contributed by atoms with Crippen LogP contribution in [0.4, 0.5) is 40.2 Å². The largest absolute Gasteiger partial charge is 0.462 e. The lowest BCUT2D eigenvalue weighted by atomic mass is 9.98. The maximum atomic E-state index is 13.7. The van der Waals surface area contributed by atoms with Gasteiger partial charge in [-0.2, -0.15) is 5.26 Å². The first-order chi connectivity index (χ1) is 27.5. The van der Waals surface area contributed by atoms with Crippen LogP contribution in [0.1, 0.15) is 35.3 Å². The molecule has 57 heavy (non-hydrogen) atoms. The van der Waals surface area contributed by atoms with Crippen LogP contribution in [0.25, 0.3) is 0 Å². The summed E-state index contributed by atoms with van der Waals surface area (Å²) in [6.45, 7) is 2.79. The van der Waals surface area contributed by atoms with Gasteiger partial charge in [-0.05, 0) is 98.3 Å². The van der Waals surface area contributed by atoms with E-state index in [1.165, 1.54) is 72.8 Å². The van der Waals surface area contributed by atoms with Crippen LogP contribution >= 0.6 is 0 Å². The van der Waals surface area contributed by atoms with Crippen molar-refractivity contribution in [1.82, 2.24) is 0 Å². The molecule has 1 aliphatic heterocycles. The smallest absolute Gasteiger partial charge is 0.412 e. The highest BCUT2D eigenvalue weighted by Crippen LogP contribution is 2.31. The van der Waals surface area contributed by atoms with Crippen molar-refractivity contribution in [1.29, 1.82) is 5.26 Å². The molecule has 0 spiro atoms. The second kappa shape index (κ2) is 20.3. The molecule has 0 aromatic heterocycles. The number of esters is 1. The van der Waals surface area contributed by atoms with E-state index in [0.717, 1.165) is 12.1 Å². The van der Waals surface area contributed by atoms with Gasteiger partial charge in [0.25, 0.3) is 0 Å². The summed E-state index contributed by atoms with van der Waals surface area (Å²) in [5, 5.41) is 16.7. The molecule has 1 heterocycles. The molecule has 5 rings (SSSR count). The summed E-state index contributed by atoms with van der Waals surface area (Å²) in [5.74, 6) is -1.60. The Morgan fingerprint density at radius 3 is 1.89 bits per heavy atom. The number of ether oxygens (including phenoxy) is 7. The normalized spacial score (nSPS) is 18.6. The van der Waals surface area contributed by atoms with Crippen molar-refractivity contribution in [3.63, 3.8) is 0 Å². The first-order valence-corrected chi connectivity index (χ1v) is 17.6. The van der Waals surface area contributed by atoms with Gasteiger partial charge in [-0.15, -0.1) is 0 Å². The minimum Gasteiger partial charge on any atom is -0.462 e. The van der Waals surface area contributed by atoms with E-state index in [4.69, 9.17) is 33.2 Å². The summed E-state index contributed by atoms with van der Waals surface area (Å²) in [6.07, 6.45) is -10.2. The first-order valence-electron chi connectivity index (χ1n) is 17.6. The van der Waals surface area contributed by atoms with Crippen molar-refractivity contribution in [2.24, 2.45) is 0 Å². The minimum absolute atomic E-state index is 0.0622. The second-order valence-corrected chi connectivity index (χ2v) is 12.1. The Kier molecular flexibility index (Phi) is 14.8. The number of rotatable bonds is 14. The number of nitriles is 1. The zero-order valence-electron chi connectivity index (χ0n) is 30.6. The lowest BCUT2D eigenvalue weighted by Gasteiger charge is -2.44. The molecular formula is C40H38F2N4O11. The number of hydrogen-bond acceptors (Lipinski definition) is 12. The van der Waals surface area contributed by atoms with Crippen LogP contribution in [0.5, 0.6) is 0 Å². The van der Waals surface area contributed by atoms with Gasteiger partial charge in [0.15, 0.2) is 18.5 Å². The SMILES string of the molecule is CCOC(=O)c1ccc(NC(=O)O[C@@H]2[C@@H](OCc3ccc(F)cc3)[C@@H](OCC)O[C@H](COC(=O)Nc3cccc(C#N)c3)[C@H]2OC(=O)Nc2ccc(F)cc2)cc1. The highest BCUT2D eigenvalue weighted by molar-refractivity contribution is 5.91. The quantitative estimate of drug-likeness (QED) is 0.0865. The van der Waals surface area contributed by atoms with Crippen LogP contribution < -0.4 is 16.0 Å². The van der Waals surface area contributed by atoms with Gasteiger partial charge >= 0.3 is 24.2 Å². The van der Waals surface area contributed by atoms with Gasteiger partial charge < -0.3 is 33.2 Å². The number of nitrogens with zero attached hydrogens (tertiary/aromatic N) is 1. The molecule has 4 aromatic rings. The molecule has 0 saturated carbocycles. The molecule has 3 amide bonds. The van der Waals surface area contributed by atoms with Crippen LogP contribution in [0.2, 0.25) is 0 Å². The molecule has 15 nitrogen and oxygen atoms in total. The number of carbonyl (C=O) groups excluding carboxylic acids is 4. The topological polar surface area (TPSA) is 193 Å². The summed E-state index contributed by atoms with van der Waals surface area (Å²) in [7, 11) is 0. The van der Waals surface area contributed by atoms with Crippen LogP contribution in [0.3, 0.4) is 0 Å². The first kappa shape index (κ1) is 41.6. The van der Waals surface area contributed by atoms with E-state index in [-0.39, 0.29) is 48.0 Å². The van der Waals surface area contributed by atoms with Gasteiger partial charge in [0.2, 0.25) is 0 Å². The number of hydrogen-bond donors (Lipinski definition) is 3. The monoisotopic (exact) mass is 788 g/mol. The number of amides is 3. The molecule has 1 fully saturated rings. The van der Waals surface area contributed by atoms with Crippen molar-refractivity contribution < 1.29 is 61.1 Å². The fourth-order valence-corrected chi connectivity index (χ4v) is 5.49. The molecule has 0 aliphatic carbocycles. The third kappa shape index (κ3) is 12.2. The molecule has 3 N–H and O–H groups in total.